The zero-order valence-corrected chi connectivity index (χ0v) is 18.5. The van der Waals surface area contributed by atoms with Gasteiger partial charge in [-0.05, 0) is 53.4 Å². The van der Waals surface area contributed by atoms with Gasteiger partial charge in [-0.3, -0.25) is 4.79 Å². The molecule has 3 aliphatic heterocycles. The number of benzene rings is 3. The van der Waals surface area contributed by atoms with Crippen LogP contribution in [-0.2, 0) is 0 Å². The van der Waals surface area contributed by atoms with Crippen LogP contribution in [0.15, 0.2) is 66.7 Å². The van der Waals surface area contributed by atoms with Crippen LogP contribution in [0, 0.1) is 5.92 Å². The third kappa shape index (κ3) is 3.16. The maximum atomic E-state index is 13.7. The molecule has 1 fully saturated rings. The molecule has 1 amide bonds. The number of aliphatic hydroxyl groups excluding tert-OH is 1. The van der Waals surface area contributed by atoms with E-state index in [9.17, 15) is 9.90 Å². The molecule has 6 rings (SSSR count). The predicted octanol–water partition coefficient (Wildman–Crippen LogP) is 4.10. The molecule has 168 valence electrons. The highest BCUT2D eigenvalue weighted by atomic mass is 16.7. The van der Waals surface area contributed by atoms with Crippen LogP contribution < -0.4 is 14.4 Å². The number of aliphatic hydroxyl groups is 1. The summed E-state index contributed by atoms with van der Waals surface area (Å²) in [6.45, 7) is 0.896. The van der Waals surface area contributed by atoms with Crippen molar-refractivity contribution in [2.24, 2.45) is 5.92 Å². The van der Waals surface area contributed by atoms with Gasteiger partial charge in [-0.1, -0.05) is 36.4 Å². The number of carbonyl (C=O) groups is 1. The topological polar surface area (TPSA) is 62.2 Å². The van der Waals surface area contributed by atoms with Gasteiger partial charge in [0.1, 0.15) is 0 Å². The fourth-order valence-electron chi connectivity index (χ4n) is 5.69. The van der Waals surface area contributed by atoms with Gasteiger partial charge in [0.05, 0.1) is 18.7 Å². The van der Waals surface area contributed by atoms with Crippen LogP contribution in [0.25, 0.3) is 11.1 Å². The molecule has 0 bridgehead atoms. The largest absolute Gasteiger partial charge is 0.454 e. The number of rotatable bonds is 3. The summed E-state index contributed by atoms with van der Waals surface area (Å²) in [5.41, 5.74) is 5.09. The minimum Gasteiger partial charge on any atom is -0.454 e. The van der Waals surface area contributed by atoms with Crippen molar-refractivity contribution in [3.63, 3.8) is 0 Å². The highest BCUT2D eigenvalue weighted by Gasteiger charge is 2.47. The Balaban J connectivity index is 1.43. The average molecular weight is 443 g/mol. The van der Waals surface area contributed by atoms with Gasteiger partial charge in [0, 0.05) is 30.8 Å². The van der Waals surface area contributed by atoms with Gasteiger partial charge in [0.25, 0.3) is 5.91 Å². The van der Waals surface area contributed by atoms with Gasteiger partial charge in [-0.2, -0.15) is 0 Å². The highest BCUT2D eigenvalue weighted by Crippen LogP contribution is 2.50. The van der Waals surface area contributed by atoms with Crippen LogP contribution in [0.4, 0.5) is 5.69 Å². The quantitative estimate of drug-likeness (QED) is 0.662. The van der Waals surface area contributed by atoms with E-state index in [1.807, 2.05) is 36.2 Å². The van der Waals surface area contributed by atoms with Crippen molar-refractivity contribution in [2.45, 2.75) is 18.5 Å². The number of ether oxygens (including phenoxy) is 2. The summed E-state index contributed by atoms with van der Waals surface area (Å²) in [7, 11) is 2.04. The van der Waals surface area contributed by atoms with Gasteiger partial charge in [0.15, 0.2) is 11.5 Å². The molecule has 0 aliphatic carbocycles. The number of anilines is 1. The smallest absolute Gasteiger partial charge is 0.254 e. The SMILES string of the molecule is CN1c2ccc(-c3ccccc3)cc2[C@@H]2[C@@H](CCN2C(=O)c2ccc3c(c2)OCO3)[C@H]1CO. The summed E-state index contributed by atoms with van der Waals surface area (Å²) in [6, 6.07) is 22.0. The van der Waals surface area contributed by atoms with E-state index in [4.69, 9.17) is 9.47 Å². The minimum absolute atomic E-state index is 0.0156. The van der Waals surface area contributed by atoms with Crippen molar-refractivity contribution in [1.82, 2.24) is 4.90 Å². The number of hydrogen-bond donors (Lipinski definition) is 1. The summed E-state index contributed by atoms with van der Waals surface area (Å²) in [5.74, 6) is 1.43. The first kappa shape index (κ1) is 20.1. The molecule has 0 saturated carbocycles. The van der Waals surface area contributed by atoms with Crippen molar-refractivity contribution < 1.29 is 19.4 Å². The molecule has 3 heterocycles. The molecule has 6 heteroatoms. The van der Waals surface area contributed by atoms with Crippen molar-refractivity contribution in [2.75, 3.05) is 31.9 Å². The van der Waals surface area contributed by atoms with Crippen LogP contribution >= 0.6 is 0 Å². The van der Waals surface area contributed by atoms with Crippen molar-refractivity contribution in [3.05, 3.63) is 77.9 Å². The molecule has 3 aromatic carbocycles. The molecule has 0 radical (unpaired) electrons. The molecule has 33 heavy (non-hydrogen) atoms. The lowest BCUT2D eigenvalue weighted by Crippen LogP contribution is -2.48. The zero-order chi connectivity index (χ0) is 22.5. The summed E-state index contributed by atoms with van der Waals surface area (Å²) in [4.78, 5) is 17.9. The van der Waals surface area contributed by atoms with Crippen molar-refractivity contribution in [1.29, 1.82) is 0 Å². The normalized spacial score (nSPS) is 22.8. The number of nitrogens with zero attached hydrogens (tertiary/aromatic N) is 2. The first-order valence-electron chi connectivity index (χ1n) is 11.4. The molecule has 1 saturated heterocycles. The summed E-state index contributed by atoms with van der Waals surface area (Å²) < 4.78 is 10.9. The van der Waals surface area contributed by atoms with Gasteiger partial charge in [0.2, 0.25) is 6.79 Å². The molecule has 3 atom stereocenters. The number of likely N-dealkylation sites (tertiary alicyclic amines) is 1. The van der Waals surface area contributed by atoms with E-state index in [0.717, 1.165) is 28.8 Å². The molecule has 0 spiro atoms. The Morgan fingerprint density at radius 3 is 2.64 bits per heavy atom. The van der Waals surface area contributed by atoms with E-state index < -0.39 is 0 Å². The van der Waals surface area contributed by atoms with Gasteiger partial charge < -0.3 is 24.4 Å². The van der Waals surface area contributed by atoms with E-state index >= 15 is 0 Å². The summed E-state index contributed by atoms with van der Waals surface area (Å²) >= 11 is 0. The number of fused-ring (bicyclic) bond motifs is 4. The van der Waals surface area contributed by atoms with E-state index in [0.29, 0.717) is 23.6 Å². The molecule has 0 aromatic heterocycles. The lowest BCUT2D eigenvalue weighted by Gasteiger charge is -2.44. The number of hydrogen-bond acceptors (Lipinski definition) is 5. The second-order valence-corrected chi connectivity index (χ2v) is 8.96. The van der Waals surface area contributed by atoms with E-state index in [1.54, 1.807) is 12.1 Å². The Bertz CT molecular complexity index is 1210. The van der Waals surface area contributed by atoms with Gasteiger partial charge in [-0.15, -0.1) is 0 Å². The first-order valence-corrected chi connectivity index (χ1v) is 11.4. The van der Waals surface area contributed by atoms with E-state index in [2.05, 4.69) is 35.2 Å². The molecule has 6 nitrogen and oxygen atoms in total. The second-order valence-electron chi connectivity index (χ2n) is 8.96. The Kier molecular flexibility index (Phi) is 4.76. The van der Waals surface area contributed by atoms with E-state index in [1.165, 1.54) is 0 Å². The monoisotopic (exact) mass is 442 g/mol. The molecule has 3 aliphatic rings. The number of carbonyl (C=O) groups excluding carboxylic acids is 1. The Labute approximate surface area is 193 Å². The Morgan fingerprint density at radius 2 is 1.82 bits per heavy atom. The highest BCUT2D eigenvalue weighted by molar-refractivity contribution is 5.95. The predicted molar refractivity (Wildman–Crippen MR) is 126 cm³/mol. The fraction of sp³-hybridized carbons (Fsp3) is 0.296. The Hall–Kier alpha value is -3.51. The van der Waals surface area contributed by atoms with Gasteiger partial charge >= 0.3 is 0 Å². The van der Waals surface area contributed by atoms with Crippen LogP contribution in [-0.4, -0.2) is 48.9 Å². The summed E-state index contributed by atoms with van der Waals surface area (Å²) in [5, 5.41) is 10.2. The van der Waals surface area contributed by atoms with Crippen LogP contribution in [0.1, 0.15) is 28.4 Å². The standard InChI is InChI=1S/C27H26N2O4/c1-28-22-9-7-18(17-5-3-2-4-6-17)13-21(22)26-20(23(28)15-30)11-12-29(26)27(31)19-8-10-24-25(14-19)33-16-32-24/h2-10,13-14,20,23,26,30H,11-12,15-16H2,1H3/t20-,23+,26-/m0/s1. The maximum Gasteiger partial charge on any atom is 0.254 e. The van der Waals surface area contributed by atoms with Gasteiger partial charge in [-0.25, -0.2) is 0 Å². The zero-order valence-electron chi connectivity index (χ0n) is 18.5. The first-order chi connectivity index (χ1) is 16.2. The van der Waals surface area contributed by atoms with Crippen LogP contribution in [0.2, 0.25) is 0 Å². The van der Waals surface area contributed by atoms with Crippen LogP contribution in [0.3, 0.4) is 0 Å². The molecular formula is C27H26N2O4. The van der Waals surface area contributed by atoms with Crippen LogP contribution in [0.5, 0.6) is 11.5 Å². The minimum atomic E-state index is -0.0880. The third-order valence-corrected chi connectivity index (χ3v) is 7.34. The molecule has 3 aromatic rings. The number of amides is 1. The second kappa shape index (κ2) is 7.81. The molecule has 1 N–H and O–H groups in total. The summed E-state index contributed by atoms with van der Waals surface area (Å²) in [6.07, 6.45) is 0.853. The van der Waals surface area contributed by atoms with E-state index in [-0.39, 0.29) is 37.3 Å². The lowest BCUT2D eigenvalue weighted by atomic mass is 9.81. The molecule has 0 unspecified atom stereocenters. The number of likely N-dealkylation sites (N-methyl/N-ethyl adjacent to an activating group) is 1. The van der Waals surface area contributed by atoms with Crippen molar-refractivity contribution >= 4 is 11.6 Å². The van der Waals surface area contributed by atoms with Crippen molar-refractivity contribution in [3.8, 4) is 22.6 Å². The molecular weight excluding hydrogens is 416 g/mol. The average Bonchev–Trinajstić information content (AvgIpc) is 3.51. The third-order valence-electron chi connectivity index (χ3n) is 7.34. The lowest BCUT2D eigenvalue weighted by molar-refractivity contribution is 0.0693. The Morgan fingerprint density at radius 1 is 1.00 bits per heavy atom. The maximum absolute atomic E-state index is 13.7. The fourth-order valence-corrected chi connectivity index (χ4v) is 5.69.